The molecule has 64 valence electrons. The van der Waals surface area contributed by atoms with Gasteiger partial charge in [-0.15, -0.1) is 0 Å². The third-order valence-corrected chi connectivity index (χ3v) is 2.58. The first-order valence-electron chi connectivity index (χ1n) is 4.52. The quantitative estimate of drug-likeness (QED) is 0.708. The first-order valence-corrected chi connectivity index (χ1v) is 4.52. The predicted octanol–water partition coefficient (Wildman–Crippen LogP) is 2.44. The highest BCUT2D eigenvalue weighted by Crippen LogP contribution is 2.41. The molecular weight excluding hydrogens is 148 g/mol. The van der Waals surface area contributed by atoms with E-state index >= 15 is 0 Å². The van der Waals surface area contributed by atoms with E-state index in [1.54, 1.807) is 0 Å². The summed E-state index contributed by atoms with van der Waals surface area (Å²) in [5.41, 5.74) is 2.32. The molecule has 0 spiro atoms. The summed E-state index contributed by atoms with van der Waals surface area (Å²) in [4.78, 5) is 0. The van der Waals surface area contributed by atoms with Crippen LogP contribution in [0.2, 0.25) is 0 Å². The van der Waals surface area contributed by atoms with Gasteiger partial charge in [0.15, 0.2) is 0 Å². The fourth-order valence-electron chi connectivity index (χ4n) is 1.58. The smallest absolute Gasteiger partial charge is 0.0820 e. The molecule has 1 atom stereocenters. The van der Waals surface area contributed by atoms with Crippen molar-refractivity contribution in [1.82, 2.24) is 0 Å². The molecule has 0 heterocycles. The Balaban J connectivity index is 2.25. The second-order valence-electron chi connectivity index (χ2n) is 3.64. The number of aliphatic hydroxyl groups is 1. The van der Waals surface area contributed by atoms with Gasteiger partial charge in [-0.1, -0.05) is 24.3 Å². The van der Waals surface area contributed by atoms with Crippen molar-refractivity contribution in [3.63, 3.8) is 0 Å². The Kier molecular flexibility index (Phi) is 1.89. The van der Waals surface area contributed by atoms with Gasteiger partial charge < -0.3 is 5.11 Å². The molecule has 0 unspecified atom stereocenters. The first kappa shape index (κ1) is 7.81. The Morgan fingerprint density at radius 1 is 1.33 bits per heavy atom. The van der Waals surface area contributed by atoms with Crippen LogP contribution < -0.4 is 0 Å². The molecule has 0 saturated heterocycles. The van der Waals surface area contributed by atoms with E-state index in [0.29, 0.717) is 5.92 Å². The van der Waals surface area contributed by atoms with Gasteiger partial charge in [-0.25, -0.2) is 0 Å². The molecule has 0 amide bonds. The zero-order chi connectivity index (χ0) is 8.55. The summed E-state index contributed by atoms with van der Waals surface area (Å²) in [7, 11) is 0. The maximum Gasteiger partial charge on any atom is 0.0820 e. The third-order valence-electron chi connectivity index (χ3n) is 2.58. The third kappa shape index (κ3) is 1.37. The highest BCUT2D eigenvalue weighted by Gasteiger charge is 2.31. The topological polar surface area (TPSA) is 20.2 Å². The maximum absolute atomic E-state index is 9.84. The standard InChI is InChI=1S/C11H14O/c1-8-4-2-3-5-10(8)11(12)9-6-7-9/h2-5,9,11-12H,6-7H2,1H3/t11-/m0/s1. The molecule has 1 N–H and O–H groups in total. The van der Waals surface area contributed by atoms with Crippen LogP contribution in [0.5, 0.6) is 0 Å². The summed E-state index contributed by atoms with van der Waals surface area (Å²) in [5, 5.41) is 9.84. The van der Waals surface area contributed by atoms with E-state index in [4.69, 9.17) is 0 Å². The Labute approximate surface area is 73.0 Å². The van der Waals surface area contributed by atoms with Crippen LogP contribution in [-0.2, 0) is 0 Å². The first-order chi connectivity index (χ1) is 5.79. The minimum Gasteiger partial charge on any atom is -0.388 e. The molecule has 1 aromatic rings. The zero-order valence-electron chi connectivity index (χ0n) is 7.33. The normalized spacial score (nSPS) is 19.2. The SMILES string of the molecule is Cc1ccccc1[C@@H](O)C1CC1. The molecule has 1 fully saturated rings. The summed E-state index contributed by atoms with van der Waals surface area (Å²) < 4.78 is 0. The summed E-state index contributed by atoms with van der Waals surface area (Å²) in [6, 6.07) is 8.09. The summed E-state index contributed by atoms with van der Waals surface area (Å²) in [6.45, 7) is 2.06. The fraction of sp³-hybridized carbons (Fsp3) is 0.455. The molecule has 1 aliphatic carbocycles. The minimum absolute atomic E-state index is 0.216. The highest BCUT2D eigenvalue weighted by molar-refractivity contribution is 5.28. The summed E-state index contributed by atoms with van der Waals surface area (Å²) in [6.07, 6.45) is 2.16. The summed E-state index contributed by atoms with van der Waals surface area (Å²) in [5.74, 6) is 0.533. The van der Waals surface area contributed by atoms with Gasteiger partial charge >= 0.3 is 0 Å². The van der Waals surface area contributed by atoms with Crippen LogP contribution in [0.15, 0.2) is 24.3 Å². The van der Waals surface area contributed by atoms with Crippen LogP contribution in [-0.4, -0.2) is 5.11 Å². The van der Waals surface area contributed by atoms with E-state index in [9.17, 15) is 5.11 Å². The van der Waals surface area contributed by atoms with Gasteiger partial charge in [0.2, 0.25) is 0 Å². The fourth-order valence-corrected chi connectivity index (χ4v) is 1.58. The number of hydrogen-bond donors (Lipinski definition) is 1. The molecule has 1 aromatic carbocycles. The number of aliphatic hydroxyl groups excluding tert-OH is 1. The average Bonchev–Trinajstić information content (AvgIpc) is 2.86. The van der Waals surface area contributed by atoms with E-state index in [-0.39, 0.29) is 6.10 Å². The van der Waals surface area contributed by atoms with Crippen LogP contribution >= 0.6 is 0 Å². The van der Waals surface area contributed by atoms with Crippen molar-refractivity contribution in [3.8, 4) is 0 Å². The molecule has 0 aliphatic heterocycles. The second kappa shape index (κ2) is 2.91. The summed E-state index contributed by atoms with van der Waals surface area (Å²) >= 11 is 0. The Bertz CT molecular complexity index is 276. The van der Waals surface area contributed by atoms with Crippen LogP contribution in [0.25, 0.3) is 0 Å². The van der Waals surface area contributed by atoms with Gasteiger partial charge in [-0.05, 0) is 36.8 Å². The molecule has 1 aliphatic rings. The monoisotopic (exact) mass is 162 g/mol. The van der Waals surface area contributed by atoms with E-state index < -0.39 is 0 Å². The largest absolute Gasteiger partial charge is 0.388 e. The van der Waals surface area contributed by atoms with Crippen molar-refractivity contribution >= 4 is 0 Å². The number of rotatable bonds is 2. The van der Waals surface area contributed by atoms with E-state index in [1.165, 1.54) is 18.4 Å². The van der Waals surface area contributed by atoms with E-state index in [0.717, 1.165) is 5.56 Å². The van der Waals surface area contributed by atoms with Crippen molar-refractivity contribution in [1.29, 1.82) is 0 Å². The van der Waals surface area contributed by atoms with Crippen molar-refractivity contribution in [3.05, 3.63) is 35.4 Å². The lowest BCUT2D eigenvalue weighted by Crippen LogP contribution is -2.01. The van der Waals surface area contributed by atoms with E-state index in [2.05, 4.69) is 13.0 Å². The van der Waals surface area contributed by atoms with Crippen LogP contribution in [0.1, 0.15) is 30.1 Å². The Hall–Kier alpha value is -0.820. The van der Waals surface area contributed by atoms with Crippen molar-refractivity contribution in [2.24, 2.45) is 5.92 Å². The molecule has 0 bridgehead atoms. The van der Waals surface area contributed by atoms with Gasteiger partial charge in [0.1, 0.15) is 0 Å². The lowest BCUT2D eigenvalue weighted by molar-refractivity contribution is 0.153. The van der Waals surface area contributed by atoms with Gasteiger partial charge in [0.25, 0.3) is 0 Å². The lowest BCUT2D eigenvalue weighted by atomic mass is 10.0. The number of aryl methyl sites for hydroxylation is 1. The molecule has 0 radical (unpaired) electrons. The molecule has 1 saturated carbocycles. The molecular formula is C11H14O. The van der Waals surface area contributed by atoms with Crippen LogP contribution in [0.4, 0.5) is 0 Å². The van der Waals surface area contributed by atoms with Crippen LogP contribution in [0, 0.1) is 12.8 Å². The second-order valence-corrected chi connectivity index (χ2v) is 3.64. The minimum atomic E-state index is -0.216. The van der Waals surface area contributed by atoms with Gasteiger partial charge in [0.05, 0.1) is 6.10 Å². The zero-order valence-corrected chi connectivity index (χ0v) is 7.33. The van der Waals surface area contributed by atoms with Gasteiger partial charge in [0, 0.05) is 0 Å². The number of hydrogen-bond acceptors (Lipinski definition) is 1. The van der Waals surface area contributed by atoms with Crippen LogP contribution in [0.3, 0.4) is 0 Å². The predicted molar refractivity (Wildman–Crippen MR) is 48.9 cm³/mol. The molecule has 1 heteroatoms. The molecule has 12 heavy (non-hydrogen) atoms. The maximum atomic E-state index is 9.84. The van der Waals surface area contributed by atoms with Crippen molar-refractivity contribution in [2.75, 3.05) is 0 Å². The van der Waals surface area contributed by atoms with Crippen molar-refractivity contribution in [2.45, 2.75) is 25.9 Å². The highest BCUT2D eigenvalue weighted by atomic mass is 16.3. The Morgan fingerprint density at radius 3 is 2.58 bits per heavy atom. The van der Waals surface area contributed by atoms with Gasteiger partial charge in [-0.2, -0.15) is 0 Å². The molecule has 1 nitrogen and oxygen atoms in total. The van der Waals surface area contributed by atoms with Gasteiger partial charge in [-0.3, -0.25) is 0 Å². The molecule has 2 rings (SSSR count). The Morgan fingerprint density at radius 2 is 2.00 bits per heavy atom. The number of benzene rings is 1. The lowest BCUT2D eigenvalue weighted by Gasteiger charge is -2.11. The van der Waals surface area contributed by atoms with Crippen molar-refractivity contribution < 1.29 is 5.11 Å². The van der Waals surface area contributed by atoms with E-state index in [1.807, 2.05) is 18.2 Å². The average molecular weight is 162 g/mol. The molecule has 0 aromatic heterocycles.